The van der Waals surface area contributed by atoms with Gasteiger partial charge in [-0.25, -0.2) is 4.98 Å². The molecule has 1 heterocycles. The average Bonchev–Trinajstić information content (AvgIpc) is 2.43. The van der Waals surface area contributed by atoms with Crippen molar-refractivity contribution in [2.45, 2.75) is 13.7 Å². The second kappa shape index (κ2) is 3.74. The van der Waals surface area contributed by atoms with Crippen LogP contribution in [0.4, 0.5) is 5.82 Å². The van der Waals surface area contributed by atoms with Crippen molar-refractivity contribution in [3.8, 4) is 6.07 Å². The minimum absolute atomic E-state index is 0.247. The lowest BCUT2D eigenvalue weighted by Crippen LogP contribution is -2.03. The van der Waals surface area contributed by atoms with Crippen molar-refractivity contribution >= 4 is 5.82 Å². The van der Waals surface area contributed by atoms with E-state index in [1.807, 2.05) is 13.0 Å². The molecule has 0 spiro atoms. The van der Waals surface area contributed by atoms with Crippen LogP contribution in [0.5, 0.6) is 0 Å². The lowest BCUT2D eigenvalue weighted by atomic mass is 10.5. The van der Waals surface area contributed by atoms with Crippen molar-refractivity contribution < 1.29 is 4.74 Å². The number of anilines is 1. The zero-order valence-corrected chi connectivity index (χ0v) is 6.82. The smallest absolute Gasteiger partial charge is 0.165 e. The minimum atomic E-state index is 0.247. The molecule has 0 aliphatic carbocycles. The van der Waals surface area contributed by atoms with Gasteiger partial charge in [-0.3, -0.25) is 4.57 Å². The molecule has 0 aliphatic heterocycles. The van der Waals surface area contributed by atoms with E-state index in [1.54, 1.807) is 4.57 Å². The fourth-order valence-electron chi connectivity index (χ4n) is 0.807. The quantitative estimate of drug-likeness (QED) is 0.702. The third-order valence-corrected chi connectivity index (χ3v) is 1.41. The molecule has 1 aromatic heterocycles. The maximum atomic E-state index is 8.64. The Morgan fingerprint density at radius 2 is 2.58 bits per heavy atom. The Morgan fingerprint density at radius 1 is 1.83 bits per heavy atom. The molecule has 1 rings (SSSR count). The van der Waals surface area contributed by atoms with Gasteiger partial charge in [0.2, 0.25) is 0 Å². The Labute approximate surface area is 70.4 Å². The Balaban J connectivity index is 2.79. The summed E-state index contributed by atoms with van der Waals surface area (Å²) in [6, 6.07) is 1.95. The molecule has 12 heavy (non-hydrogen) atoms. The van der Waals surface area contributed by atoms with Gasteiger partial charge < -0.3 is 10.5 Å². The van der Waals surface area contributed by atoms with Gasteiger partial charge in [-0.1, -0.05) is 0 Å². The molecule has 0 saturated heterocycles. The number of nitrogens with two attached hydrogens (primary N) is 1. The summed E-state index contributed by atoms with van der Waals surface area (Å²) >= 11 is 0. The van der Waals surface area contributed by atoms with E-state index in [2.05, 4.69) is 4.98 Å². The zero-order chi connectivity index (χ0) is 8.97. The SMILES string of the molecule is CCOCn1cnc(N)c1C#N. The van der Waals surface area contributed by atoms with Crippen molar-refractivity contribution in [3.05, 3.63) is 12.0 Å². The molecule has 64 valence electrons. The van der Waals surface area contributed by atoms with Gasteiger partial charge in [0.05, 0.1) is 0 Å². The third kappa shape index (κ3) is 1.54. The first kappa shape index (κ1) is 8.56. The van der Waals surface area contributed by atoms with Crippen LogP contribution in [0.2, 0.25) is 0 Å². The van der Waals surface area contributed by atoms with Crippen LogP contribution in [0.25, 0.3) is 0 Å². The Morgan fingerprint density at radius 3 is 3.17 bits per heavy atom. The van der Waals surface area contributed by atoms with Crippen LogP contribution in [0.15, 0.2) is 6.33 Å². The number of imidazole rings is 1. The summed E-state index contributed by atoms with van der Waals surface area (Å²) in [6.45, 7) is 2.80. The van der Waals surface area contributed by atoms with Gasteiger partial charge in [0.25, 0.3) is 0 Å². The van der Waals surface area contributed by atoms with Crippen molar-refractivity contribution in [1.82, 2.24) is 9.55 Å². The maximum Gasteiger partial charge on any atom is 0.165 e. The first-order valence-corrected chi connectivity index (χ1v) is 3.58. The first-order valence-electron chi connectivity index (χ1n) is 3.58. The van der Waals surface area contributed by atoms with E-state index in [0.29, 0.717) is 19.0 Å². The fourth-order valence-corrected chi connectivity index (χ4v) is 0.807. The average molecular weight is 166 g/mol. The van der Waals surface area contributed by atoms with E-state index >= 15 is 0 Å². The van der Waals surface area contributed by atoms with E-state index in [0.717, 1.165) is 0 Å². The number of hydrogen-bond donors (Lipinski definition) is 1. The number of nitrogen functional groups attached to an aromatic ring is 1. The van der Waals surface area contributed by atoms with E-state index in [4.69, 9.17) is 15.7 Å². The number of ether oxygens (including phenoxy) is 1. The predicted octanol–water partition coefficient (Wildman–Crippen LogP) is 0.331. The molecule has 0 bridgehead atoms. The molecular weight excluding hydrogens is 156 g/mol. The second-order valence-electron chi connectivity index (χ2n) is 2.18. The molecule has 0 unspecified atom stereocenters. The zero-order valence-electron chi connectivity index (χ0n) is 6.82. The van der Waals surface area contributed by atoms with Crippen LogP contribution in [0, 0.1) is 11.3 Å². The third-order valence-electron chi connectivity index (χ3n) is 1.41. The molecule has 0 amide bonds. The van der Waals surface area contributed by atoms with Gasteiger partial charge >= 0.3 is 0 Å². The summed E-state index contributed by atoms with van der Waals surface area (Å²) in [5.74, 6) is 0.247. The molecule has 0 fully saturated rings. The first-order chi connectivity index (χ1) is 5.79. The van der Waals surface area contributed by atoms with Crippen LogP contribution in [0.1, 0.15) is 12.6 Å². The van der Waals surface area contributed by atoms with Crippen molar-refractivity contribution in [2.75, 3.05) is 12.3 Å². The highest BCUT2D eigenvalue weighted by atomic mass is 16.5. The molecular formula is C7H10N4O. The molecule has 0 aromatic carbocycles. The number of nitriles is 1. The van der Waals surface area contributed by atoms with Gasteiger partial charge in [-0.15, -0.1) is 0 Å². The van der Waals surface area contributed by atoms with Crippen LogP contribution in [-0.2, 0) is 11.5 Å². The summed E-state index contributed by atoms with van der Waals surface area (Å²) in [7, 11) is 0. The van der Waals surface area contributed by atoms with Gasteiger partial charge in [-0.2, -0.15) is 5.26 Å². The molecule has 2 N–H and O–H groups in total. The van der Waals surface area contributed by atoms with Crippen molar-refractivity contribution in [2.24, 2.45) is 0 Å². The van der Waals surface area contributed by atoms with E-state index in [-0.39, 0.29) is 5.82 Å². The number of nitrogens with zero attached hydrogens (tertiary/aromatic N) is 3. The van der Waals surface area contributed by atoms with Crippen LogP contribution >= 0.6 is 0 Å². The minimum Gasteiger partial charge on any atom is -0.381 e. The summed E-state index contributed by atoms with van der Waals surface area (Å²) in [5, 5.41) is 8.64. The predicted molar refractivity (Wildman–Crippen MR) is 43.0 cm³/mol. The number of aromatic nitrogens is 2. The maximum absolute atomic E-state index is 8.64. The van der Waals surface area contributed by atoms with Crippen LogP contribution < -0.4 is 5.73 Å². The van der Waals surface area contributed by atoms with E-state index < -0.39 is 0 Å². The molecule has 1 aromatic rings. The molecule has 0 atom stereocenters. The highest BCUT2D eigenvalue weighted by Gasteiger charge is 2.05. The summed E-state index contributed by atoms with van der Waals surface area (Å²) in [6.07, 6.45) is 1.49. The molecule has 0 aliphatic rings. The summed E-state index contributed by atoms with van der Waals surface area (Å²) in [5.41, 5.74) is 5.76. The highest BCUT2D eigenvalue weighted by Crippen LogP contribution is 2.07. The monoisotopic (exact) mass is 166 g/mol. The van der Waals surface area contributed by atoms with Gasteiger partial charge in [0, 0.05) is 6.61 Å². The summed E-state index contributed by atoms with van der Waals surface area (Å²) < 4.78 is 6.66. The lowest BCUT2D eigenvalue weighted by Gasteiger charge is -2.02. The Bertz CT molecular complexity index is 299. The standard InChI is InChI=1S/C7H10N4O/c1-2-12-5-11-4-10-7(9)6(11)3-8/h4H,2,5,9H2,1H3. The normalized spacial score (nSPS) is 9.67. The highest BCUT2D eigenvalue weighted by molar-refractivity contribution is 5.43. The van der Waals surface area contributed by atoms with Gasteiger partial charge in [-0.05, 0) is 6.92 Å². The Kier molecular flexibility index (Phi) is 2.66. The van der Waals surface area contributed by atoms with E-state index in [1.165, 1.54) is 6.33 Å². The lowest BCUT2D eigenvalue weighted by molar-refractivity contribution is 0.0873. The number of hydrogen-bond acceptors (Lipinski definition) is 4. The van der Waals surface area contributed by atoms with Crippen molar-refractivity contribution in [3.63, 3.8) is 0 Å². The van der Waals surface area contributed by atoms with Crippen LogP contribution in [-0.4, -0.2) is 16.2 Å². The van der Waals surface area contributed by atoms with E-state index in [9.17, 15) is 0 Å². The van der Waals surface area contributed by atoms with Gasteiger partial charge in [0.15, 0.2) is 11.5 Å². The molecule has 5 nitrogen and oxygen atoms in total. The fraction of sp³-hybridized carbons (Fsp3) is 0.429. The van der Waals surface area contributed by atoms with Crippen LogP contribution in [0.3, 0.4) is 0 Å². The topological polar surface area (TPSA) is 76.9 Å². The second-order valence-corrected chi connectivity index (χ2v) is 2.18. The van der Waals surface area contributed by atoms with Gasteiger partial charge in [0.1, 0.15) is 19.1 Å². The number of rotatable bonds is 3. The Hall–Kier alpha value is -1.54. The molecule has 0 saturated carbocycles. The van der Waals surface area contributed by atoms with Crippen molar-refractivity contribution in [1.29, 1.82) is 5.26 Å². The largest absolute Gasteiger partial charge is 0.381 e. The summed E-state index contributed by atoms with van der Waals surface area (Å²) in [4.78, 5) is 3.78. The molecule has 0 radical (unpaired) electrons. The molecule has 5 heteroatoms.